The van der Waals surface area contributed by atoms with E-state index in [2.05, 4.69) is 21.7 Å². The van der Waals surface area contributed by atoms with Crippen LogP contribution in [0.4, 0.5) is 0 Å². The van der Waals surface area contributed by atoms with Gasteiger partial charge in [0.05, 0.1) is 0 Å². The second kappa shape index (κ2) is 5.16. The molecule has 0 saturated heterocycles. The average molecular weight is 265 g/mol. The summed E-state index contributed by atoms with van der Waals surface area (Å²) in [7, 11) is 0. The third-order valence-corrected chi connectivity index (χ3v) is 4.84. The largest absolute Gasteiger partial charge is 0.301 e. The summed E-state index contributed by atoms with van der Waals surface area (Å²) in [5.74, 6) is 2.88. The van der Waals surface area contributed by atoms with Crippen molar-refractivity contribution in [3.05, 3.63) is 10.6 Å². The molecule has 0 aliphatic heterocycles. The summed E-state index contributed by atoms with van der Waals surface area (Å²) < 4.78 is 3.19. The SMILES string of the molecule is CCCC1CCC(n2c(C3CC3)n[nH]c2=S)CC1. The van der Waals surface area contributed by atoms with E-state index < -0.39 is 0 Å². The van der Waals surface area contributed by atoms with Crippen molar-refractivity contribution in [3.8, 4) is 0 Å². The maximum atomic E-state index is 5.43. The van der Waals surface area contributed by atoms with Crippen molar-refractivity contribution < 1.29 is 0 Å². The fraction of sp³-hybridized carbons (Fsp3) is 0.857. The molecule has 100 valence electrons. The van der Waals surface area contributed by atoms with E-state index in [-0.39, 0.29) is 0 Å². The molecule has 2 fully saturated rings. The Morgan fingerprint density at radius 2 is 1.94 bits per heavy atom. The smallest absolute Gasteiger partial charge is 0.195 e. The van der Waals surface area contributed by atoms with Crippen LogP contribution in [0.2, 0.25) is 0 Å². The number of hydrogen-bond donors (Lipinski definition) is 1. The monoisotopic (exact) mass is 265 g/mol. The molecule has 3 nitrogen and oxygen atoms in total. The molecule has 3 rings (SSSR count). The first-order chi connectivity index (χ1) is 8.79. The molecule has 1 aromatic heterocycles. The molecule has 2 saturated carbocycles. The van der Waals surface area contributed by atoms with Gasteiger partial charge in [0.15, 0.2) is 4.77 Å². The first-order valence-electron chi connectivity index (χ1n) is 7.46. The van der Waals surface area contributed by atoms with Crippen molar-refractivity contribution in [3.63, 3.8) is 0 Å². The van der Waals surface area contributed by atoms with Crippen molar-refractivity contribution in [1.82, 2.24) is 14.8 Å². The minimum atomic E-state index is 0.611. The zero-order chi connectivity index (χ0) is 12.5. The van der Waals surface area contributed by atoms with Crippen LogP contribution in [-0.2, 0) is 0 Å². The lowest BCUT2D eigenvalue weighted by atomic mass is 9.83. The third-order valence-electron chi connectivity index (χ3n) is 4.55. The molecule has 1 aromatic rings. The summed E-state index contributed by atoms with van der Waals surface area (Å²) in [6.45, 7) is 2.30. The van der Waals surface area contributed by atoms with Gasteiger partial charge in [-0.05, 0) is 56.7 Å². The predicted molar refractivity (Wildman–Crippen MR) is 75.3 cm³/mol. The quantitative estimate of drug-likeness (QED) is 0.821. The Labute approximate surface area is 114 Å². The summed E-state index contributed by atoms with van der Waals surface area (Å²) in [5.41, 5.74) is 0. The molecule has 1 N–H and O–H groups in total. The van der Waals surface area contributed by atoms with Crippen LogP contribution in [0.5, 0.6) is 0 Å². The van der Waals surface area contributed by atoms with Crippen molar-refractivity contribution >= 4 is 12.2 Å². The van der Waals surface area contributed by atoms with E-state index in [9.17, 15) is 0 Å². The van der Waals surface area contributed by atoms with Crippen LogP contribution >= 0.6 is 12.2 Å². The van der Waals surface area contributed by atoms with Crippen LogP contribution < -0.4 is 0 Å². The molecular formula is C14H23N3S. The maximum absolute atomic E-state index is 5.43. The van der Waals surface area contributed by atoms with Gasteiger partial charge >= 0.3 is 0 Å². The second-order valence-corrected chi connectivity index (χ2v) is 6.38. The van der Waals surface area contributed by atoms with Crippen molar-refractivity contribution in [2.75, 3.05) is 0 Å². The third kappa shape index (κ3) is 2.40. The van der Waals surface area contributed by atoms with E-state index in [1.165, 1.54) is 57.2 Å². The molecule has 2 aliphatic carbocycles. The Balaban J connectivity index is 1.72. The minimum Gasteiger partial charge on any atom is -0.301 e. The fourth-order valence-corrected chi connectivity index (χ4v) is 3.69. The zero-order valence-corrected chi connectivity index (χ0v) is 12.0. The first kappa shape index (κ1) is 12.4. The highest BCUT2D eigenvalue weighted by molar-refractivity contribution is 7.71. The number of H-pyrrole nitrogens is 1. The van der Waals surface area contributed by atoms with Crippen LogP contribution in [0.1, 0.15) is 76.1 Å². The average Bonchev–Trinajstić information content (AvgIpc) is 3.15. The van der Waals surface area contributed by atoms with Crippen LogP contribution in [0, 0.1) is 10.7 Å². The van der Waals surface area contributed by atoms with E-state index in [1.54, 1.807) is 0 Å². The molecule has 18 heavy (non-hydrogen) atoms. The zero-order valence-electron chi connectivity index (χ0n) is 11.2. The topological polar surface area (TPSA) is 33.6 Å². The van der Waals surface area contributed by atoms with Gasteiger partial charge in [-0.25, -0.2) is 0 Å². The van der Waals surface area contributed by atoms with Gasteiger partial charge in [0.2, 0.25) is 0 Å². The number of aromatic amines is 1. The van der Waals surface area contributed by atoms with Crippen LogP contribution in [0.3, 0.4) is 0 Å². The van der Waals surface area contributed by atoms with Crippen molar-refractivity contribution in [2.45, 2.75) is 70.3 Å². The van der Waals surface area contributed by atoms with Crippen molar-refractivity contribution in [2.24, 2.45) is 5.92 Å². The number of hydrogen-bond acceptors (Lipinski definition) is 2. The van der Waals surface area contributed by atoms with E-state index >= 15 is 0 Å². The Morgan fingerprint density at radius 3 is 2.56 bits per heavy atom. The molecule has 1 heterocycles. The number of aromatic nitrogens is 3. The fourth-order valence-electron chi connectivity index (χ4n) is 3.40. The molecule has 0 unspecified atom stereocenters. The molecule has 4 heteroatoms. The van der Waals surface area contributed by atoms with Crippen LogP contribution in [0.15, 0.2) is 0 Å². The highest BCUT2D eigenvalue weighted by Crippen LogP contribution is 2.42. The summed E-state index contributed by atoms with van der Waals surface area (Å²) in [6, 6.07) is 0.611. The summed E-state index contributed by atoms with van der Waals surface area (Å²) in [5, 5.41) is 7.46. The van der Waals surface area contributed by atoms with Gasteiger partial charge in [-0.2, -0.15) is 5.10 Å². The number of nitrogens with one attached hydrogen (secondary N) is 1. The standard InChI is InChI=1S/C14H23N3S/c1-2-3-10-4-8-12(9-5-10)17-13(11-6-7-11)15-16-14(17)18/h10-12H,2-9H2,1H3,(H,16,18). The van der Waals surface area contributed by atoms with Crippen LogP contribution in [0.25, 0.3) is 0 Å². The molecule has 2 aliphatic rings. The highest BCUT2D eigenvalue weighted by Gasteiger charge is 2.32. The second-order valence-electron chi connectivity index (χ2n) is 5.99. The van der Waals surface area contributed by atoms with Gasteiger partial charge in [-0.1, -0.05) is 19.8 Å². The first-order valence-corrected chi connectivity index (χ1v) is 7.87. The summed E-state index contributed by atoms with van der Waals surface area (Å²) in [6.07, 6.45) is 10.6. The Hall–Kier alpha value is -0.640. The molecule has 0 radical (unpaired) electrons. The Morgan fingerprint density at radius 1 is 1.22 bits per heavy atom. The van der Waals surface area contributed by atoms with Gasteiger partial charge in [0.1, 0.15) is 5.82 Å². The van der Waals surface area contributed by atoms with Gasteiger partial charge in [0.25, 0.3) is 0 Å². The Kier molecular flexibility index (Phi) is 3.55. The lowest BCUT2D eigenvalue weighted by Gasteiger charge is -2.29. The van der Waals surface area contributed by atoms with Gasteiger partial charge in [-0.3, -0.25) is 5.10 Å². The normalized spacial score (nSPS) is 28.5. The van der Waals surface area contributed by atoms with Gasteiger partial charge in [0, 0.05) is 12.0 Å². The van der Waals surface area contributed by atoms with Crippen LogP contribution in [-0.4, -0.2) is 14.8 Å². The molecule has 0 aromatic carbocycles. The van der Waals surface area contributed by atoms with Gasteiger partial charge in [-0.15, -0.1) is 0 Å². The number of rotatable bonds is 4. The van der Waals surface area contributed by atoms with Crippen molar-refractivity contribution in [1.29, 1.82) is 0 Å². The predicted octanol–water partition coefficient (Wildman–Crippen LogP) is 4.35. The molecule has 0 bridgehead atoms. The minimum absolute atomic E-state index is 0.611. The van der Waals surface area contributed by atoms with E-state index in [4.69, 9.17) is 12.2 Å². The molecule has 0 spiro atoms. The summed E-state index contributed by atoms with van der Waals surface area (Å²) in [4.78, 5) is 0. The lowest BCUT2D eigenvalue weighted by molar-refractivity contribution is 0.257. The molecule has 0 atom stereocenters. The van der Waals surface area contributed by atoms with E-state index in [0.29, 0.717) is 12.0 Å². The Bertz CT molecular complexity index is 450. The van der Waals surface area contributed by atoms with E-state index in [1.807, 2.05) is 0 Å². The maximum Gasteiger partial charge on any atom is 0.195 e. The van der Waals surface area contributed by atoms with Gasteiger partial charge < -0.3 is 4.57 Å². The highest BCUT2D eigenvalue weighted by atomic mass is 32.1. The molecular weight excluding hydrogens is 242 g/mol. The lowest BCUT2D eigenvalue weighted by Crippen LogP contribution is -2.19. The van der Waals surface area contributed by atoms with E-state index in [0.717, 1.165) is 10.7 Å². The molecule has 0 amide bonds. The number of nitrogens with zero attached hydrogens (tertiary/aromatic N) is 2. The summed E-state index contributed by atoms with van der Waals surface area (Å²) >= 11 is 5.43.